The van der Waals surface area contributed by atoms with Crippen LogP contribution in [0.15, 0.2) is 0 Å². The largest absolute Gasteiger partial charge is 0.460 e. The molecule has 2 fully saturated rings. The van der Waals surface area contributed by atoms with Crippen LogP contribution in [-0.4, -0.2) is 37.5 Å². The molecule has 2 aliphatic carbocycles. The van der Waals surface area contributed by atoms with E-state index in [0.717, 1.165) is 37.7 Å². The third kappa shape index (κ3) is 10.5. The van der Waals surface area contributed by atoms with Crippen molar-refractivity contribution in [1.82, 2.24) is 0 Å². The first-order chi connectivity index (χ1) is 15.5. The number of carbonyl (C=O) groups excluding carboxylic acids is 1. The fourth-order valence-corrected chi connectivity index (χ4v) is 5.37. The second kappa shape index (κ2) is 16.1. The number of ether oxygens (including phenoxy) is 3. The number of esters is 1. The van der Waals surface area contributed by atoms with Crippen LogP contribution in [0.3, 0.4) is 0 Å². The van der Waals surface area contributed by atoms with Crippen molar-refractivity contribution in [3.8, 4) is 0 Å². The van der Waals surface area contributed by atoms with Crippen LogP contribution in [0.1, 0.15) is 124 Å². The van der Waals surface area contributed by atoms with Crippen LogP contribution < -0.4 is 0 Å². The summed E-state index contributed by atoms with van der Waals surface area (Å²) in [4.78, 5) is 11.9. The van der Waals surface area contributed by atoms with Gasteiger partial charge in [-0.25, -0.2) is 0 Å². The average Bonchev–Trinajstić information content (AvgIpc) is 2.82. The van der Waals surface area contributed by atoms with Crippen molar-refractivity contribution in [2.75, 3.05) is 13.2 Å². The van der Waals surface area contributed by atoms with E-state index in [1.807, 2.05) is 20.8 Å². The summed E-state index contributed by atoms with van der Waals surface area (Å²) in [6.07, 6.45) is 19.7. The minimum absolute atomic E-state index is 0.0241. The van der Waals surface area contributed by atoms with E-state index in [0.29, 0.717) is 18.8 Å². The van der Waals surface area contributed by atoms with E-state index in [1.54, 1.807) is 0 Å². The number of rotatable bonds is 15. The van der Waals surface area contributed by atoms with Crippen molar-refractivity contribution in [2.24, 2.45) is 17.8 Å². The number of unbranched alkanes of at least 4 members (excludes halogenated alkanes) is 5. The van der Waals surface area contributed by atoms with E-state index >= 15 is 0 Å². The molecule has 32 heavy (non-hydrogen) atoms. The molecule has 0 amide bonds. The molecule has 0 saturated heterocycles. The highest BCUT2D eigenvalue weighted by molar-refractivity contribution is 5.72. The van der Waals surface area contributed by atoms with Crippen LogP contribution in [0.25, 0.3) is 0 Å². The highest BCUT2D eigenvalue weighted by Crippen LogP contribution is 2.39. The zero-order chi connectivity index (χ0) is 23.2. The Morgan fingerprint density at radius 3 is 1.84 bits per heavy atom. The van der Waals surface area contributed by atoms with Gasteiger partial charge in [0.05, 0.1) is 24.7 Å². The van der Waals surface area contributed by atoms with E-state index < -0.39 is 0 Å². The van der Waals surface area contributed by atoms with Gasteiger partial charge >= 0.3 is 5.97 Å². The average molecular weight is 453 g/mol. The predicted molar refractivity (Wildman–Crippen MR) is 132 cm³/mol. The van der Waals surface area contributed by atoms with Gasteiger partial charge in [-0.1, -0.05) is 52.9 Å². The summed E-state index contributed by atoms with van der Waals surface area (Å²) in [5.41, 5.74) is 0. The third-order valence-electron chi connectivity index (χ3n) is 7.85. The van der Waals surface area contributed by atoms with Gasteiger partial charge in [-0.3, -0.25) is 4.79 Å². The Labute approximate surface area is 198 Å². The van der Waals surface area contributed by atoms with Gasteiger partial charge in [0.15, 0.2) is 0 Å². The maximum atomic E-state index is 11.9. The Hall–Kier alpha value is -0.610. The van der Waals surface area contributed by atoms with E-state index in [4.69, 9.17) is 14.2 Å². The molecule has 0 aromatic heterocycles. The van der Waals surface area contributed by atoms with E-state index in [9.17, 15) is 4.79 Å². The number of hydrogen-bond acceptors (Lipinski definition) is 4. The van der Waals surface area contributed by atoms with Crippen molar-refractivity contribution in [3.63, 3.8) is 0 Å². The molecule has 0 N–H and O–H groups in total. The monoisotopic (exact) mass is 452 g/mol. The quantitative estimate of drug-likeness (QED) is 0.191. The first kappa shape index (κ1) is 27.6. The Kier molecular flexibility index (Phi) is 13.9. The summed E-state index contributed by atoms with van der Waals surface area (Å²) in [5.74, 6) is 1.64. The lowest BCUT2D eigenvalue weighted by Crippen LogP contribution is -2.32. The van der Waals surface area contributed by atoms with Gasteiger partial charge in [-0.15, -0.1) is 0 Å². The SMILES string of the molecule is CCCCCCCCOC1CCC(C2CCC(OCC(C)OC(=O)C(C)CC)CC2)CC1. The van der Waals surface area contributed by atoms with Gasteiger partial charge in [0.25, 0.3) is 0 Å². The molecule has 0 bridgehead atoms. The fourth-order valence-electron chi connectivity index (χ4n) is 5.37. The fraction of sp³-hybridized carbons (Fsp3) is 0.964. The maximum Gasteiger partial charge on any atom is 0.308 e. The number of carbonyl (C=O) groups is 1. The molecule has 4 heteroatoms. The van der Waals surface area contributed by atoms with Crippen molar-refractivity contribution >= 4 is 5.97 Å². The standard InChI is InChI=1S/C28H52O4/c1-5-7-8-9-10-11-20-30-26-16-12-24(13-17-26)25-14-18-27(19-15-25)31-21-23(4)32-28(29)22(3)6-2/h22-27H,5-21H2,1-4H3. The van der Waals surface area contributed by atoms with Crippen molar-refractivity contribution in [1.29, 1.82) is 0 Å². The second-order valence-corrected chi connectivity index (χ2v) is 10.6. The van der Waals surface area contributed by atoms with Gasteiger partial charge in [0.1, 0.15) is 6.10 Å². The molecule has 2 aliphatic rings. The Balaban J connectivity index is 1.52. The summed E-state index contributed by atoms with van der Waals surface area (Å²) in [5, 5.41) is 0. The Morgan fingerprint density at radius 1 is 0.750 bits per heavy atom. The summed E-state index contributed by atoms with van der Waals surface area (Å²) < 4.78 is 17.8. The van der Waals surface area contributed by atoms with Crippen LogP contribution in [0, 0.1) is 17.8 Å². The molecule has 0 aromatic carbocycles. The van der Waals surface area contributed by atoms with Crippen LogP contribution >= 0.6 is 0 Å². The lowest BCUT2D eigenvalue weighted by Gasteiger charge is -2.37. The van der Waals surface area contributed by atoms with Crippen LogP contribution in [0.5, 0.6) is 0 Å². The summed E-state index contributed by atoms with van der Waals surface area (Å²) in [6, 6.07) is 0. The van der Waals surface area contributed by atoms with E-state index in [1.165, 1.54) is 77.0 Å². The zero-order valence-electron chi connectivity index (χ0n) is 21.6. The molecule has 2 atom stereocenters. The van der Waals surface area contributed by atoms with Gasteiger partial charge in [0.2, 0.25) is 0 Å². The van der Waals surface area contributed by atoms with Gasteiger partial charge < -0.3 is 14.2 Å². The smallest absolute Gasteiger partial charge is 0.308 e. The molecule has 2 saturated carbocycles. The molecule has 2 unspecified atom stereocenters. The highest BCUT2D eigenvalue weighted by Gasteiger charge is 2.31. The van der Waals surface area contributed by atoms with Gasteiger partial charge in [-0.05, 0) is 83.0 Å². The molecule has 0 aliphatic heterocycles. The van der Waals surface area contributed by atoms with Gasteiger partial charge in [-0.2, -0.15) is 0 Å². The second-order valence-electron chi connectivity index (χ2n) is 10.6. The van der Waals surface area contributed by atoms with Crippen molar-refractivity contribution in [2.45, 2.75) is 142 Å². The molecule has 0 heterocycles. The minimum Gasteiger partial charge on any atom is -0.460 e. The van der Waals surface area contributed by atoms with E-state index in [2.05, 4.69) is 6.92 Å². The molecule has 0 radical (unpaired) electrons. The minimum atomic E-state index is -0.152. The predicted octanol–water partition coefficient (Wildman–Crippen LogP) is 7.48. The van der Waals surface area contributed by atoms with Crippen molar-refractivity contribution < 1.29 is 19.0 Å². The summed E-state index contributed by atoms with van der Waals surface area (Å²) >= 11 is 0. The Morgan fingerprint density at radius 2 is 1.28 bits per heavy atom. The Bertz CT molecular complexity index is 478. The number of hydrogen-bond donors (Lipinski definition) is 0. The molecule has 4 nitrogen and oxygen atoms in total. The van der Waals surface area contributed by atoms with E-state index in [-0.39, 0.29) is 18.0 Å². The highest BCUT2D eigenvalue weighted by atomic mass is 16.6. The summed E-state index contributed by atoms with van der Waals surface area (Å²) in [6.45, 7) is 9.65. The molecule has 2 rings (SSSR count). The first-order valence-electron chi connectivity index (χ1n) is 14.0. The maximum absolute atomic E-state index is 11.9. The molecule has 188 valence electrons. The third-order valence-corrected chi connectivity index (χ3v) is 7.85. The topological polar surface area (TPSA) is 44.8 Å². The molecular weight excluding hydrogens is 400 g/mol. The molecule has 0 spiro atoms. The van der Waals surface area contributed by atoms with Crippen molar-refractivity contribution in [3.05, 3.63) is 0 Å². The van der Waals surface area contributed by atoms with Crippen LogP contribution in [-0.2, 0) is 19.0 Å². The summed E-state index contributed by atoms with van der Waals surface area (Å²) in [7, 11) is 0. The first-order valence-corrected chi connectivity index (χ1v) is 14.0. The van der Waals surface area contributed by atoms with Gasteiger partial charge in [0, 0.05) is 6.61 Å². The molecular formula is C28H52O4. The lowest BCUT2D eigenvalue weighted by molar-refractivity contribution is -0.157. The normalized spacial score (nSPS) is 28.2. The lowest BCUT2D eigenvalue weighted by atomic mass is 9.72. The van der Waals surface area contributed by atoms with Crippen LogP contribution in [0.4, 0.5) is 0 Å². The zero-order valence-corrected chi connectivity index (χ0v) is 21.6. The molecule has 0 aromatic rings. The van der Waals surface area contributed by atoms with Crippen LogP contribution in [0.2, 0.25) is 0 Å².